The van der Waals surface area contributed by atoms with Crippen molar-refractivity contribution in [3.8, 4) is 0 Å². The molecule has 2 atom stereocenters. The van der Waals surface area contributed by atoms with E-state index in [9.17, 15) is 36.2 Å². The van der Waals surface area contributed by atoms with E-state index in [1.165, 1.54) is 4.90 Å². The Morgan fingerprint density at radius 1 is 1.22 bits per heavy atom. The van der Waals surface area contributed by atoms with Crippen molar-refractivity contribution >= 4 is 11.9 Å². The highest BCUT2D eigenvalue weighted by Crippen LogP contribution is 2.41. The van der Waals surface area contributed by atoms with Crippen LogP contribution in [0.15, 0.2) is 28.4 Å². The van der Waals surface area contributed by atoms with Crippen molar-refractivity contribution in [2.75, 3.05) is 0 Å². The number of nitrogens with zero attached hydrogens (tertiary/aromatic N) is 2. The monoisotopic (exact) mass is 397 g/mol. The molecule has 27 heavy (non-hydrogen) atoms. The molecule has 1 amide bonds. The van der Waals surface area contributed by atoms with Gasteiger partial charge in [-0.3, -0.25) is 10.1 Å². The Hall–Kier alpha value is -2.04. The molecule has 0 radical (unpaired) electrons. The second kappa shape index (κ2) is 6.25. The molecule has 0 aromatic rings. The van der Waals surface area contributed by atoms with Gasteiger partial charge in [-0.15, -0.1) is 0 Å². The predicted octanol–water partition coefficient (Wildman–Crippen LogP) is 2.78. The van der Waals surface area contributed by atoms with Gasteiger partial charge in [0.25, 0.3) is 5.91 Å². The fourth-order valence-corrected chi connectivity index (χ4v) is 3.11. The summed E-state index contributed by atoms with van der Waals surface area (Å²) in [4.78, 5) is 17.4. The van der Waals surface area contributed by atoms with E-state index in [0.717, 1.165) is 18.6 Å². The third kappa shape index (κ3) is 3.44. The predicted molar refractivity (Wildman–Crippen MR) is 82.4 cm³/mol. The average molecular weight is 397 g/mol. The van der Waals surface area contributed by atoms with Gasteiger partial charge in [-0.25, -0.2) is 4.99 Å². The van der Waals surface area contributed by atoms with E-state index in [4.69, 9.17) is 0 Å². The van der Waals surface area contributed by atoms with Gasteiger partial charge in [0, 0.05) is 18.0 Å². The highest BCUT2D eigenvalue weighted by atomic mass is 19.4. The third-order valence-electron chi connectivity index (χ3n) is 5.08. The van der Waals surface area contributed by atoms with Gasteiger partial charge in [0.2, 0.25) is 11.6 Å². The van der Waals surface area contributed by atoms with Crippen molar-refractivity contribution in [2.45, 2.75) is 62.6 Å². The van der Waals surface area contributed by atoms with Gasteiger partial charge < -0.3 is 10.0 Å². The molecule has 1 saturated carbocycles. The fourth-order valence-electron chi connectivity index (χ4n) is 3.11. The zero-order chi connectivity index (χ0) is 20.2. The minimum atomic E-state index is -5.21. The molecule has 3 aliphatic rings. The van der Waals surface area contributed by atoms with E-state index in [1.54, 1.807) is 0 Å². The minimum Gasteiger partial charge on any atom is -0.373 e. The summed E-state index contributed by atoms with van der Waals surface area (Å²) in [6.45, 7) is 0.307. The number of hydrogen-bond acceptors (Lipinski definition) is 4. The Balaban J connectivity index is 1.87. The van der Waals surface area contributed by atoms with Crippen LogP contribution in [-0.4, -0.2) is 51.9 Å². The summed E-state index contributed by atoms with van der Waals surface area (Å²) in [7, 11) is 0. The first-order chi connectivity index (χ1) is 12.3. The molecule has 1 aliphatic heterocycles. The van der Waals surface area contributed by atoms with Crippen molar-refractivity contribution in [2.24, 2.45) is 4.99 Å². The van der Waals surface area contributed by atoms with Crippen LogP contribution < -0.4 is 5.32 Å². The fraction of sp³-hybridized carbons (Fsp3) is 0.625. The van der Waals surface area contributed by atoms with Gasteiger partial charge in [-0.1, -0.05) is 6.08 Å². The highest BCUT2D eigenvalue weighted by molar-refractivity contribution is 6.02. The number of allylic oxidation sites excluding steroid dienone is 2. The molecule has 0 aromatic heterocycles. The van der Waals surface area contributed by atoms with Crippen LogP contribution in [0.25, 0.3) is 0 Å². The molecule has 0 saturated heterocycles. The maximum Gasteiger partial charge on any atom is 0.426 e. The molecule has 1 heterocycles. The first-order valence-electron chi connectivity index (χ1n) is 8.28. The third-order valence-corrected chi connectivity index (χ3v) is 5.08. The second-order valence-corrected chi connectivity index (χ2v) is 6.95. The van der Waals surface area contributed by atoms with E-state index in [0.29, 0.717) is 19.8 Å². The summed E-state index contributed by atoms with van der Waals surface area (Å²) in [5, 5.41) is 11.5. The summed E-state index contributed by atoms with van der Waals surface area (Å²) in [5.74, 6) is -2.00. The smallest absolute Gasteiger partial charge is 0.373 e. The number of halogens is 6. The number of hydrogen-bond donors (Lipinski definition) is 2. The van der Waals surface area contributed by atoms with Crippen molar-refractivity contribution in [1.82, 2.24) is 10.2 Å². The maximum atomic E-state index is 13.0. The molecule has 1 unspecified atom stereocenters. The Morgan fingerprint density at radius 2 is 1.85 bits per heavy atom. The molecule has 2 aliphatic carbocycles. The number of aliphatic imine (C=N–C) groups is 1. The Kier molecular flexibility index (Phi) is 4.56. The zero-order valence-electron chi connectivity index (χ0n) is 14.2. The molecule has 2 N–H and O–H groups in total. The van der Waals surface area contributed by atoms with Crippen molar-refractivity contribution in [1.29, 1.82) is 0 Å². The quantitative estimate of drug-likeness (QED) is 0.705. The molecule has 0 spiro atoms. The van der Waals surface area contributed by atoms with Crippen LogP contribution in [0.5, 0.6) is 0 Å². The summed E-state index contributed by atoms with van der Waals surface area (Å²) in [5.41, 5.74) is -4.19. The summed E-state index contributed by atoms with van der Waals surface area (Å²) in [6, 6.07) is -1.05. The minimum absolute atomic E-state index is 0.233. The summed E-state index contributed by atoms with van der Waals surface area (Å²) >= 11 is 0. The van der Waals surface area contributed by atoms with Crippen LogP contribution in [0.2, 0.25) is 0 Å². The molecule has 5 nitrogen and oxygen atoms in total. The Labute approximate surface area is 150 Å². The van der Waals surface area contributed by atoms with Crippen LogP contribution in [-0.2, 0) is 4.79 Å². The lowest BCUT2D eigenvalue weighted by Gasteiger charge is -2.41. The van der Waals surface area contributed by atoms with Gasteiger partial charge in [0.05, 0.1) is 11.7 Å². The number of amides is 1. The van der Waals surface area contributed by atoms with Crippen molar-refractivity contribution < 1.29 is 36.2 Å². The molecule has 0 aromatic carbocycles. The van der Waals surface area contributed by atoms with Gasteiger partial charge >= 0.3 is 12.4 Å². The van der Waals surface area contributed by atoms with Crippen LogP contribution >= 0.6 is 0 Å². The average Bonchev–Trinajstić information content (AvgIpc) is 2.81. The lowest BCUT2D eigenvalue weighted by Crippen LogP contribution is -2.60. The summed E-state index contributed by atoms with van der Waals surface area (Å²) in [6.07, 6.45) is -6.05. The standard InChI is InChI=1S/C16H17F6N3O2/c1-14(27,16(20,21)22)12(26)24-13-23-10-6-5-8(15(17,18)19)7-11(10)25(13)9-3-2-4-9/h5-6,9,11,27H,2-4,7H2,1H3,(H,23,24,26)/t11-,14?/m0/s1. The number of rotatable bonds is 2. The topological polar surface area (TPSA) is 64.9 Å². The molecule has 3 rings (SSSR count). The van der Waals surface area contributed by atoms with Crippen LogP contribution in [0, 0.1) is 0 Å². The molecule has 0 bridgehead atoms. The van der Waals surface area contributed by atoms with Gasteiger partial charge in [0.15, 0.2) is 0 Å². The number of fused-ring (bicyclic) bond motifs is 1. The summed E-state index contributed by atoms with van der Waals surface area (Å²) < 4.78 is 77.7. The molecular formula is C16H17F6N3O2. The van der Waals surface area contributed by atoms with Gasteiger partial charge in [0.1, 0.15) is 0 Å². The van der Waals surface area contributed by atoms with Gasteiger partial charge in [-0.05, 0) is 32.3 Å². The molecular weight excluding hydrogens is 380 g/mol. The van der Waals surface area contributed by atoms with E-state index >= 15 is 0 Å². The van der Waals surface area contributed by atoms with E-state index < -0.39 is 41.9 Å². The molecule has 150 valence electrons. The maximum absolute atomic E-state index is 13.0. The number of guanidine groups is 1. The van der Waals surface area contributed by atoms with Crippen LogP contribution in [0.1, 0.15) is 32.6 Å². The lowest BCUT2D eigenvalue weighted by molar-refractivity contribution is -0.244. The van der Waals surface area contributed by atoms with Crippen LogP contribution in [0.4, 0.5) is 26.3 Å². The normalized spacial score (nSPS) is 25.7. The van der Waals surface area contributed by atoms with E-state index in [1.807, 2.05) is 5.32 Å². The highest BCUT2D eigenvalue weighted by Gasteiger charge is 2.56. The SMILES string of the molecule is CC(O)(C(=O)NC1=NC2=CC=C(C(F)(F)F)C[C@@H]2N1C1CCC1)C(F)(F)F. The van der Waals surface area contributed by atoms with Crippen molar-refractivity contribution in [3.63, 3.8) is 0 Å². The number of carbonyl (C=O) groups is 1. The number of carbonyl (C=O) groups excluding carboxylic acids is 1. The Bertz CT molecular complexity index is 731. The first-order valence-corrected chi connectivity index (χ1v) is 8.28. The largest absolute Gasteiger partial charge is 0.426 e. The zero-order valence-corrected chi connectivity index (χ0v) is 14.2. The first kappa shape index (κ1) is 19.7. The van der Waals surface area contributed by atoms with E-state index in [2.05, 4.69) is 4.99 Å². The van der Waals surface area contributed by atoms with E-state index in [-0.39, 0.29) is 17.7 Å². The molecule has 1 fully saturated rings. The van der Waals surface area contributed by atoms with Gasteiger partial charge in [-0.2, -0.15) is 26.3 Å². The number of aliphatic hydroxyl groups is 1. The Morgan fingerprint density at radius 3 is 2.33 bits per heavy atom. The second-order valence-electron chi connectivity index (χ2n) is 6.95. The number of alkyl halides is 6. The number of nitrogens with one attached hydrogen (secondary N) is 1. The van der Waals surface area contributed by atoms with Crippen molar-refractivity contribution in [3.05, 3.63) is 23.4 Å². The molecule has 11 heteroatoms. The lowest BCUT2D eigenvalue weighted by atomic mass is 9.88. The van der Waals surface area contributed by atoms with Crippen LogP contribution in [0.3, 0.4) is 0 Å².